The Bertz CT molecular complexity index is 168. The van der Waals surface area contributed by atoms with Gasteiger partial charge in [0.1, 0.15) is 0 Å². The molecule has 0 radical (unpaired) electrons. The van der Waals surface area contributed by atoms with Crippen molar-refractivity contribution < 1.29 is 9.15 Å². The van der Waals surface area contributed by atoms with E-state index in [1.165, 1.54) is 6.42 Å². The van der Waals surface area contributed by atoms with Crippen LogP contribution in [0.3, 0.4) is 0 Å². The molecular weight excluding hydrogens is 140 g/mol. The molecule has 2 nitrogen and oxygen atoms in total. The predicted octanol–water partition coefficient (Wildman–Crippen LogP) is 2.60. The number of unbranched alkanes of at least 4 members (excludes halogenated alkanes) is 1. The normalized spacial score (nSPS) is 10.3. The first-order valence-electron chi connectivity index (χ1n) is 4.02. The highest BCUT2D eigenvalue weighted by atomic mass is 16.5. The monoisotopic (exact) mass is 154 g/mol. The van der Waals surface area contributed by atoms with Crippen molar-refractivity contribution in [3.05, 3.63) is 24.2 Å². The topological polar surface area (TPSA) is 22.4 Å². The van der Waals surface area contributed by atoms with Crippen molar-refractivity contribution >= 4 is 0 Å². The van der Waals surface area contributed by atoms with Crippen LogP contribution in [0.15, 0.2) is 23.0 Å². The van der Waals surface area contributed by atoms with Gasteiger partial charge in [0.25, 0.3) is 0 Å². The van der Waals surface area contributed by atoms with Crippen LogP contribution in [0.1, 0.15) is 25.3 Å². The summed E-state index contributed by atoms with van der Waals surface area (Å²) in [5.74, 6) is 0. The van der Waals surface area contributed by atoms with Gasteiger partial charge in [-0.3, -0.25) is 0 Å². The molecule has 0 bridgehead atoms. The molecule has 1 aromatic heterocycles. The zero-order valence-corrected chi connectivity index (χ0v) is 6.88. The molecule has 0 aliphatic heterocycles. The first-order chi connectivity index (χ1) is 5.43. The number of ether oxygens (including phenoxy) is 1. The molecule has 1 aromatic rings. The van der Waals surface area contributed by atoms with Crippen molar-refractivity contribution in [2.45, 2.75) is 26.4 Å². The fraction of sp³-hybridized carbons (Fsp3) is 0.556. The number of hydrogen-bond acceptors (Lipinski definition) is 2. The molecule has 1 heterocycles. The van der Waals surface area contributed by atoms with Gasteiger partial charge in [0.15, 0.2) is 0 Å². The van der Waals surface area contributed by atoms with Gasteiger partial charge in [-0.2, -0.15) is 0 Å². The molecule has 2 heteroatoms. The second-order valence-corrected chi connectivity index (χ2v) is 2.54. The zero-order valence-electron chi connectivity index (χ0n) is 6.88. The standard InChI is InChI=1S/C9H14O2/c1-2-3-5-10-7-9-4-6-11-8-9/h4,6,8H,2-3,5,7H2,1H3. The molecule has 0 aromatic carbocycles. The maximum Gasteiger partial charge on any atom is 0.0957 e. The fourth-order valence-electron chi connectivity index (χ4n) is 0.811. The number of rotatable bonds is 5. The van der Waals surface area contributed by atoms with E-state index in [0.29, 0.717) is 6.61 Å². The van der Waals surface area contributed by atoms with E-state index in [0.717, 1.165) is 18.6 Å². The molecular formula is C9H14O2. The van der Waals surface area contributed by atoms with E-state index in [-0.39, 0.29) is 0 Å². The zero-order chi connectivity index (χ0) is 7.94. The summed E-state index contributed by atoms with van der Waals surface area (Å²) in [6, 6.07) is 1.92. The molecule has 0 atom stereocenters. The van der Waals surface area contributed by atoms with Crippen LogP contribution in [0.25, 0.3) is 0 Å². The summed E-state index contributed by atoms with van der Waals surface area (Å²) in [5, 5.41) is 0. The third-order valence-electron chi connectivity index (χ3n) is 1.49. The first-order valence-corrected chi connectivity index (χ1v) is 4.02. The van der Waals surface area contributed by atoms with Gasteiger partial charge in [0.05, 0.1) is 19.1 Å². The summed E-state index contributed by atoms with van der Waals surface area (Å²) in [6.07, 6.45) is 5.70. The van der Waals surface area contributed by atoms with Gasteiger partial charge in [-0.25, -0.2) is 0 Å². The summed E-state index contributed by atoms with van der Waals surface area (Å²) in [6.45, 7) is 3.68. The van der Waals surface area contributed by atoms with E-state index in [4.69, 9.17) is 9.15 Å². The van der Waals surface area contributed by atoms with E-state index in [1.54, 1.807) is 12.5 Å². The molecule has 1 rings (SSSR count). The average molecular weight is 154 g/mol. The van der Waals surface area contributed by atoms with Gasteiger partial charge in [-0.1, -0.05) is 13.3 Å². The van der Waals surface area contributed by atoms with Gasteiger partial charge < -0.3 is 9.15 Å². The second kappa shape index (κ2) is 4.97. The van der Waals surface area contributed by atoms with Crippen LogP contribution in [-0.4, -0.2) is 6.61 Å². The minimum atomic E-state index is 0.677. The van der Waals surface area contributed by atoms with Crippen molar-refractivity contribution in [2.75, 3.05) is 6.61 Å². The van der Waals surface area contributed by atoms with Crippen LogP contribution in [0.5, 0.6) is 0 Å². The van der Waals surface area contributed by atoms with Crippen LogP contribution in [0.4, 0.5) is 0 Å². The molecule has 0 aliphatic carbocycles. The van der Waals surface area contributed by atoms with Gasteiger partial charge >= 0.3 is 0 Å². The lowest BCUT2D eigenvalue weighted by molar-refractivity contribution is 0.117. The van der Waals surface area contributed by atoms with Crippen molar-refractivity contribution in [1.82, 2.24) is 0 Å². The lowest BCUT2D eigenvalue weighted by Crippen LogP contribution is -1.93. The van der Waals surface area contributed by atoms with Gasteiger partial charge in [-0.15, -0.1) is 0 Å². The number of hydrogen-bond donors (Lipinski definition) is 0. The van der Waals surface area contributed by atoms with E-state index < -0.39 is 0 Å². The van der Waals surface area contributed by atoms with Crippen molar-refractivity contribution in [3.8, 4) is 0 Å². The Balaban J connectivity index is 2.04. The quantitative estimate of drug-likeness (QED) is 0.608. The van der Waals surface area contributed by atoms with E-state index >= 15 is 0 Å². The third kappa shape index (κ3) is 3.23. The Kier molecular flexibility index (Phi) is 3.76. The maximum atomic E-state index is 5.36. The molecule has 11 heavy (non-hydrogen) atoms. The highest BCUT2D eigenvalue weighted by Crippen LogP contribution is 2.02. The summed E-state index contributed by atoms with van der Waals surface area (Å²) in [7, 11) is 0. The van der Waals surface area contributed by atoms with Crippen molar-refractivity contribution in [1.29, 1.82) is 0 Å². The number of furan rings is 1. The summed E-state index contributed by atoms with van der Waals surface area (Å²) >= 11 is 0. The van der Waals surface area contributed by atoms with Gasteiger partial charge in [0, 0.05) is 12.2 Å². The molecule has 62 valence electrons. The predicted molar refractivity (Wildman–Crippen MR) is 43.3 cm³/mol. The van der Waals surface area contributed by atoms with E-state index in [9.17, 15) is 0 Å². The molecule has 0 aliphatic rings. The van der Waals surface area contributed by atoms with Crippen LogP contribution in [-0.2, 0) is 11.3 Å². The molecule has 0 amide bonds. The SMILES string of the molecule is CCCCOCc1ccoc1. The van der Waals surface area contributed by atoms with Crippen molar-refractivity contribution in [2.24, 2.45) is 0 Å². The van der Waals surface area contributed by atoms with E-state index in [1.807, 2.05) is 6.07 Å². The third-order valence-corrected chi connectivity index (χ3v) is 1.49. The van der Waals surface area contributed by atoms with Gasteiger partial charge in [-0.05, 0) is 12.5 Å². The smallest absolute Gasteiger partial charge is 0.0957 e. The average Bonchev–Trinajstić information content (AvgIpc) is 2.50. The summed E-state index contributed by atoms with van der Waals surface area (Å²) in [4.78, 5) is 0. The van der Waals surface area contributed by atoms with Crippen LogP contribution < -0.4 is 0 Å². The molecule has 0 fully saturated rings. The highest BCUT2D eigenvalue weighted by molar-refractivity contribution is 5.02. The largest absolute Gasteiger partial charge is 0.472 e. The Morgan fingerprint density at radius 1 is 1.55 bits per heavy atom. The molecule has 0 N–H and O–H groups in total. The Morgan fingerprint density at radius 3 is 3.09 bits per heavy atom. The molecule has 0 saturated heterocycles. The van der Waals surface area contributed by atoms with E-state index in [2.05, 4.69) is 6.92 Å². The first kappa shape index (κ1) is 8.34. The molecule has 0 spiro atoms. The molecule has 0 unspecified atom stereocenters. The summed E-state index contributed by atoms with van der Waals surface area (Å²) < 4.78 is 10.2. The van der Waals surface area contributed by atoms with Crippen LogP contribution in [0.2, 0.25) is 0 Å². The lowest BCUT2D eigenvalue weighted by atomic mass is 10.3. The Labute approximate surface area is 67.2 Å². The minimum absolute atomic E-state index is 0.677. The minimum Gasteiger partial charge on any atom is -0.472 e. The van der Waals surface area contributed by atoms with Gasteiger partial charge in [0.2, 0.25) is 0 Å². The van der Waals surface area contributed by atoms with Crippen LogP contribution >= 0.6 is 0 Å². The summed E-state index contributed by atoms with van der Waals surface area (Å²) in [5.41, 5.74) is 1.11. The lowest BCUT2D eigenvalue weighted by Gasteiger charge is -1.98. The maximum absolute atomic E-state index is 5.36. The highest BCUT2D eigenvalue weighted by Gasteiger charge is 1.92. The second-order valence-electron chi connectivity index (χ2n) is 2.54. The molecule has 0 saturated carbocycles. The van der Waals surface area contributed by atoms with Crippen molar-refractivity contribution in [3.63, 3.8) is 0 Å². The fourth-order valence-corrected chi connectivity index (χ4v) is 0.811. The van der Waals surface area contributed by atoms with Crippen LogP contribution in [0, 0.1) is 0 Å². The Hall–Kier alpha value is -0.760. The Morgan fingerprint density at radius 2 is 2.45 bits per heavy atom.